The van der Waals surface area contributed by atoms with Crippen molar-refractivity contribution in [1.29, 1.82) is 0 Å². The van der Waals surface area contributed by atoms with Crippen molar-refractivity contribution in [2.75, 3.05) is 6.54 Å². The minimum Gasteiger partial charge on any atom is -0.508 e. The molecule has 1 atom stereocenters. The van der Waals surface area contributed by atoms with Crippen molar-refractivity contribution < 1.29 is 9.90 Å². The van der Waals surface area contributed by atoms with Crippen LogP contribution in [0.5, 0.6) is 5.75 Å². The molecular formula is C19H22ClNO2S. The van der Waals surface area contributed by atoms with Gasteiger partial charge in [0.1, 0.15) is 5.75 Å². The smallest absolute Gasteiger partial charge is 0.226 e. The summed E-state index contributed by atoms with van der Waals surface area (Å²) in [5.74, 6) is 0.636. The molecular weight excluding hydrogens is 342 g/mol. The van der Waals surface area contributed by atoms with Gasteiger partial charge in [-0.25, -0.2) is 0 Å². The number of carbonyl (C=O) groups excluding carboxylic acids is 1. The highest BCUT2D eigenvalue weighted by Gasteiger charge is 2.36. The van der Waals surface area contributed by atoms with Crippen molar-refractivity contribution in [2.45, 2.75) is 51.0 Å². The van der Waals surface area contributed by atoms with Gasteiger partial charge in [0.05, 0.1) is 5.02 Å². The number of likely N-dealkylation sites (tertiary alicyclic amines) is 1. The molecule has 24 heavy (non-hydrogen) atoms. The number of halogens is 1. The molecule has 2 heterocycles. The van der Waals surface area contributed by atoms with Crippen molar-refractivity contribution in [1.82, 2.24) is 4.90 Å². The predicted octanol–water partition coefficient (Wildman–Crippen LogP) is 4.98. The number of carbonyl (C=O) groups is 1. The third kappa shape index (κ3) is 2.91. The maximum atomic E-state index is 12.8. The van der Waals surface area contributed by atoms with Gasteiger partial charge in [-0.1, -0.05) is 30.9 Å². The zero-order valence-electron chi connectivity index (χ0n) is 13.6. The molecule has 2 aromatic rings. The maximum Gasteiger partial charge on any atom is 0.226 e. The normalized spacial score (nSPS) is 22.6. The van der Waals surface area contributed by atoms with E-state index in [-0.39, 0.29) is 11.7 Å². The lowest BCUT2D eigenvalue weighted by atomic mass is 9.94. The van der Waals surface area contributed by atoms with Gasteiger partial charge >= 0.3 is 0 Å². The molecule has 1 aromatic carbocycles. The number of hydrogen-bond acceptors (Lipinski definition) is 3. The first-order valence-corrected chi connectivity index (χ1v) is 10.0. The molecule has 0 spiro atoms. The Kier molecular flexibility index (Phi) is 4.44. The highest BCUT2D eigenvalue weighted by atomic mass is 35.5. The Bertz CT molecular complexity index is 766. The molecule has 4 rings (SSSR count). The summed E-state index contributed by atoms with van der Waals surface area (Å²) in [7, 11) is 0. The van der Waals surface area contributed by atoms with E-state index < -0.39 is 0 Å². The Hall–Kier alpha value is -1.26. The molecule has 1 amide bonds. The molecule has 2 fully saturated rings. The fourth-order valence-electron chi connectivity index (χ4n) is 4.17. The van der Waals surface area contributed by atoms with Gasteiger partial charge in [-0.05, 0) is 43.9 Å². The molecule has 5 heteroatoms. The first-order chi connectivity index (χ1) is 11.6. The molecule has 128 valence electrons. The number of benzene rings is 1. The van der Waals surface area contributed by atoms with Crippen LogP contribution in [0.15, 0.2) is 18.2 Å². The summed E-state index contributed by atoms with van der Waals surface area (Å²) in [6.07, 6.45) is 7.82. The lowest BCUT2D eigenvalue weighted by molar-refractivity contribution is -0.133. The fourth-order valence-corrected chi connectivity index (χ4v) is 5.79. The van der Waals surface area contributed by atoms with Gasteiger partial charge < -0.3 is 10.0 Å². The first-order valence-electron chi connectivity index (χ1n) is 8.84. The average molecular weight is 364 g/mol. The third-order valence-corrected chi connectivity index (χ3v) is 7.20. The molecule has 1 aliphatic carbocycles. The van der Waals surface area contributed by atoms with Crippen molar-refractivity contribution >= 4 is 38.9 Å². The zero-order valence-corrected chi connectivity index (χ0v) is 15.2. The van der Waals surface area contributed by atoms with Crippen molar-refractivity contribution in [3.8, 4) is 5.75 Å². The number of hydrogen-bond donors (Lipinski definition) is 1. The van der Waals surface area contributed by atoms with E-state index >= 15 is 0 Å². The second kappa shape index (κ2) is 6.57. The molecule has 0 bridgehead atoms. The van der Waals surface area contributed by atoms with Crippen LogP contribution >= 0.6 is 22.9 Å². The van der Waals surface area contributed by atoms with Gasteiger partial charge in [0.2, 0.25) is 5.91 Å². The quantitative estimate of drug-likeness (QED) is 0.835. The van der Waals surface area contributed by atoms with Gasteiger partial charge in [0, 0.05) is 33.5 Å². The Morgan fingerprint density at radius 1 is 1.21 bits per heavy atom. The van der Waals surface area contributed by atoms with E-state index in [1.807, 2.05) is 6.07 Å². The molecule has 3 nitrogen and oxygen atoms in total. The molecule has 1 aromatic heterocycles. The number of aromatic hydroxyl groups is 1. The van der Waals surface area contributed by atoms with E-state index in [9.17, 15) is 9.90 Å². The fraction of sp³-hybridized carbons (Fsp3) is 0.526. The summed E-state index contributed by atoms with van der Waals surface area (Å²) in [4.78, 5) is 16.0. The molecule has 1 aliphatic heterocycles. The highest BCUT2D eigenvalue weighted by Crippen LogP contribution is 2.40. The Balaban J connectivity index is 1.51. The number of rotatable bonds is 3. The summed E-state index contributed by atoms with van der Waals surface area (Å²) in [6.45, 7) is 0.900. The number of nitrogens with zero attached hydrogens (tertiary/aromatic N) is 1. The summed E-state index contributed by atoms with van der Waals surface area (Å²) in [5.41, 5.74) is 0. The van der Waals surface area contributed by atoms with E-state index in [0.717, 1.165) is 39.4 Å². The average Bonchev–Trinajstić information content (AvgIpc) is 3.09. The van der Waals surface area contributed by atoms with Crippen LogP contribution in [0.2, 0.25) is 5.02 Å². The van der Waals surface area contributed by atoms with Gasteiger partial charge in [-0.3, -0.25) is 4.79 Å². The minimum absolute atomic E-state index is 0.0612. The molecule has 1 unspecified atom stereocenters. The summed E-state index contributed by atoms with van der Waals surface area (Å²) >= 11 is 8.13. The van der Waals surface area contributed by atoms with Crippen LogP contribution in [-0.2, 0) is 11.2 Å². The van der Waals surface area contributed by atoms with E-state index in [4.69, 9.17) is 11.6 Å². The SMILES string of the molecule is O=C1C(Cc2sc3cc(O)ccc3c2Cl)CCN1C1CCCCC1. The number of fused-ring (bicyclic) bond motifs is 1. The number of phenolic OH excluding ortho intramolecular Hbond substituents is 1. The van der Waals surface area contributed by atoms with E-state index in [0.29, 0.717) is 11.9 Å². The summed E-state index contributed by atoms with van der Waals surface area (Å²) in [5, 5.41) is 11.4. The monoisotopic (exact) mass is 363 g/mol. The van der Waals surface area contributed by atoms with Crippen LogP contribution < -0.4 is 0 Å². The van der Waals surface area contributed by atoms with Crippen LogP contribution in [0.3, 0.4) is 0 Å². The van der Waals surface area contributed by atoms with Crippen LogP contribution in [0, 0.1) is 5.92 Å². The van der Waals surface area contributed by atoms with Crippen molar-refractivity contribution in [3.63, 3.8) is 0 Å². The zero-order chi connectivity index (χ0) is 16.7. The predicted molar refractivity (Wildman–Crippen MR) is 98.9 cm³/mol. The Morgan fingerprint density at radius 2 is 2.00 bits per heavy atom. The van der Waals surface area contributed by atoms with Gasteiger partial charge in [0.15, 0.2) is 0 Å². The number of amides is 1. The molecule has 1 saturated carbocycles. The molecule has 1 saturated heterocycles. The largest absolute Gasteiger partial charge is 0.508 e. The summed E-state index contributed by atoms with van der Waals surface area (Å²) in [6, 6.07) is 5.74. The number of phenols is 1. The molecule has 1 N–H and O–H groups in total. The Morgan fingerprint density at radius 3 is 2.79 bits per heavy atom. The number of thiophene rings is 1. The van der Waals surface area contributed by atoms with Crippen LogP contribution in [-0.4, -0.2) is 28.5 Å². The van der Waals surface area contributed by atoms with Crippen LogP contribution in [0.1, 0.15) is 43.4 Å². The second-order valence-electron chi connectivity index (χ2n) is 7.03. The highest BCUT2D eigenvalue weighted by molar-refractivity contribution is 7.19. The maximum absolute atomic E-state index is 12.8. The lowest BCUT2D eigenvalue weighted by Gasteiger charge is -2.31. The lowest BCUT2D eigenvalue weighted by Crippen LogP contribution is -2.39. The van der Waals surface area contributed by atoms with E-state index in [1.165, 1.54) is 32.1 Å². The second-order valence-corrected chi connectivity index (χ2v) is 8.55. The standard InChI is InChI=1S/C19H22ClNO2S/c20-18-15-7-6-14(22)11-16(15)24-17(18)10-12-8-9-21(19(12)23)13-4-2-1-3-5-13/h6-7,11-13,22H,1-5,8-10H2. The van der Waals surface area contributed by atoms with E-state index in [1.54, 1.807) is 23.5 Å². The third-order valence-electron chi connectivity index (χ3n) is 5.48. The van der Waals surface area contributed by atoms with Crippen molar-refractivity contribution in [3.05, 3.63) is 28.1 Å². The van der Waals surface area contributed by atoms with Gasteiger partial charge in [-0.2, -0.15) is 0 Å². The Labute approximate surface area is 151 Å². The van der Waals surface area contributed by atoms with Crippen LogP contribution in [0.4, 0.5) is 0 Å². The minimum atomic E-state index is 0.0612. The molecule has 0 radical (unpaired) electrons. The topological polar surface area (TPSA) is 40.5 Å². The van der Waals surface area contributed by atoms with Gasteiger partial charge in [-0.15, -0.1) is 11.3 Å². The van der Waals surface area contributed by atoms with Gasteiger partial charge in [0.25, 0.3) is 0 Å². The van der Waals surface area contributed by atoms with Crippen molar-refractivity contribution in [2.24, 2.45) is 5.92 Å². The van der Waals surface area contributed by atoms with E-state index in [2.05, 4.69) is 4.90 Å². The molecule has 2 aliphatic rings. The van der Waals surface area contributed by atoms with Crippen LogP contribution in [0.25, 0.3) is 10.1 Å². The summed E-state index contributed by atoms with van der Waals surface area (Å²) < 4.78 is 0.990. The first kappa shape index (κ1) is 16.2.